The van der Waals surface area contributed by atoms with Crippen LogP contribution in [0, 0.1) is 0 Å². The summed E-state index contributed by atoms with van der Waals surface area (Å²) in [4.78, 5) is 12.6. The van der Waals surface area contributed by atoms with Crippen LogP contribution in [-0.2, 0) is 26.6 Å². The third-order valence-electron chi connectivity index (χ3n) is 4.68. The first-order valence-corrected chi connectivity index (χ1v) is 8.10. The average molecular weight is 308 g/mol. The predicted octanol–water partition coefficient (Wildman–Crippen LogP) is 2.64. The molecule has 5 heteroatoms. The van der Waals surface area contributed by atoms with Crippen molar-refractivity contribution >= 4 is 16.8 Å². The molecule has 3 heterocycles. The molecule has 1 N–H and O–H groups in total. The molecule has 0 unspecified atom stereocenters. The monoisotopic (exact) mass is 308 g/mol. The molecule has 0 radical (unpaired) electrons. The number of carbonyl (C=O) groups excluding carboxylic acids is 1. The summed E-state index contributed by atoms with van der Waals surface area (Å²) in [7, 11) is 1.99. The van der Waals surface area contributed by atoms with Crippen molar-refractivity contribution in [1.82, 2.24) is 19.7 Å². The molecule has 2 aromatic heterocycles. The Morgan fingerprint density at radius 1 is 1.30 bits per heavy atom. The summed E-state index contributed by atoms with van der Waals surface area (Å²) in [5.41, 5.74) is 4.21. The van der Waals surface area contributed by atoms with Crippen LogP contribution in [0.1, 0.15) is 34.5 Å². The normalized spacial score (nSPS) is 14.0. The molecule has 0 saturated carbocycles. The zero-order valence-electron chi connectivity index (χ0n) is 13.2. The summed E-state index contributed by atoms with van der Waals surface area (Å²) in [6, 6.07) is 7.83. The van der Waals surface area contributed by atoms with Crippen molar-refractivity contribution in [2.45, 2.75) is 32.4 Å². The summed E-state index contributed by atoms with van der Waals surface area (Å²) < 4.78 is 4.10. The van der Waals surface area contributed by atoms with Crippen molar-refractivity contribution in [3.05, 3.63) is 53.5 Å². The summed E-state index contributed by atoms with van der Waals surface area (Å²) >= 11 is 0. The van der Waals surface area contributed by atoms with Gasteiger partial charge in [0.1, 0.15) is 0 Å². The number of aromatic nitrogens is 3. The number of aryl methyl sites for hydroxylation is 2. The molecule has 5 nitrogen and oxygen atoms in total. The Kier molecular flexibility index (Phi) is 3.41. The van der Waals surface area contributed by atoms with Crippen molar-refractivity contribution < 1.29 is 4.79 Å². The molecule has 0 fully saturated rings. The van der Waals surface area contributed by atoms with E-state index in [-0.39, 0.29) is 5.91 Å². The second-order valence-electron chi connectivity index (χ2n) is 6.14. The predicted molar refractivity (Wildman–Crippen MR) is 89.3 cm³/mol. The Hall–Kier alpha value is -2.56. The van der Waals surface area contributed by atoms with E-state index in [1.807, 2.05) is 48.3 Å². The number of hydrogen-bond acceptors (Lipinski definition) is 2. The van der Waals surface area contributed by atoms with Gasteiger partial charge in [-0.1, -0.05) is 6.07 Å². The first kappa shape index (κ1) is 14.1. The number of benzene rings is 1. The van der Waals surface area contributed by atoms with Gasteiger partial charge < -0.3 is 9.88 Å². The third kappa shape index (κ3) is 2.42. The van der Waals surface area contributed by atoms with E-state index >= 15 is 0 Å². The highest BCUT2D eigenvalue weighted by molar-refractivity contribution is 6.06. The van der Waals surface area contributed by atoms with Gasteiger partial charge >= 0.3 is 0 Å². The molecule has 1 aliphatic rings. The molecule has 4 rings (SSSR count). The summed E-state index contributed by atoms with van der Waals surface area (Å²) in [6.45, 7) is 1.53. The maximum Gasteiger partial charge on any atom is 0.252 e. The highest BCUT2D eigenvalue weighted by Crippen LogP contribution is 2.20. The highest BCUT2D eigenvalue weighted by Gasteiger charge is 2.16. The summed E-state index contributed by atoms with van der Waals surface area (Å²) in [5.74, 6) is -0.0300. The zero-order valence-corrected chi connectivity index (χ0v) is 13.2. The number of rotatable bonds is 3. The van der Waals surface area contributed by atoms with Crippen molar-refractivity contribution in [2.24, 2.45) is 7.05 Å². The van der Waals surface area contributed by atoms with Gasteiger partial charge in [0.2, 0.25) is 0 Å². The van der Waals surface area contributed by atoms with E-state index in [0.29, 0.717) is 6.54 Å². The molecule has 0 spiro atoms. The molecule has 0 saturated heterocycles. The Balaban J connectivity index is 1.55. The molecule has 1 amide bonds. The second kappa shape index (κ2) is 5.57. The lowest BCUT2D eigenvalue weighted by atomic mass is 10.1. The number of amides is 1. The van der Waals surface area contributed by atoms with Crippen molar-refractivity contribution in [1.29, 1.82) is 0 Å². The number of nitrogens with one attached hydrogen (secondary N) is 1. The third-order valence-corrected chi connectivity index (χ3v) is 4.68. The fraction of sp³-hybridized carbons (Fsp3) is 0.333. The Morgan fingerprint density at radius 3 is 3.13 bits per heavy atom. The smallest absolute Gasteiger partial charge is 0.252 e. The maximum atomic E-state index is 12.6. The number of fused-ring (bicyclic) bond motifs is 2. The molecular weight excluding hydrogens is 288 g/mol. The van der Waals surface area contributed by atoms with Crippen LogP contribution in [-0.4, -0.2) is 20.3 Å². The van der Waals surface area contributed by atoms with Gasteiger partial charge in [-0.3, -0.25) is 9.48 Å². The van der Waals surface area contributed by atoms with E-state index in [4.69, 9.17) is 0 Å². The van der Waals surface area contributed by atoms with E-state index in [1.54, 1.807) is 0 Å². The van der Waals surface area contributed by atoms with Crippen LogP contribution in [0.2, 0.25) is 0 Å². The van der Waals surface area contributed by atoms with E-state index in [0.717, 1.165) is 35.0 Å². The highest BCUT2D eigenvalue weighted by atomic mass is 16.1. The lowest BCUT2D eigenvalue weighted by molar-refractivity contribution is 0.0952. The number of hydrogen-bond donors (Lipinski definition) is 1. The first-order chi connectivity index (χ1) is 11.2. The van der Waals surface area contributed by atoms with Gasteiger partial charge in [-0.2, -0.15) is 5.10 Å². The molecule has 0 aliphatic carbocycles. The molecule has 1 aliphatic heterocycles. The van der Waals surface area contributed by atoms with Crippen LogP contribution in [0.4, 0.5) is 0 Å². The van der Waals surface area contributed by atoms with Crippen LogP contribution < -0.4 is 5.32 Å². The van der Waals surface area contributed by atoms with Gasteiger partial charge in [-0.05, 0) is 37.5 Å². The Morgan fingerprint density at radius 2 is 2.22 bits per heavy atom. The number of carbonyl (C=O) groups is 1. The van der Waals surface area contributed by atoms with Crippen molar-refractivity contribution in [3.63, 3.8) is 0 Å². The van der Waals surface area contributed by atoms with Crippen molar-refractivity contribution in [2.75, 3.05) is 0 Å². The van der Waals surface area contributed by atoms with Crippen LogP contribution in [0.25, 0.3) is 10.9 Å². The molecule has 118 valence electrons. The molecule has 0 bridgehead atoms. The minimum absolute atomic E-state index is 0.0300. The van der Waals surface area contributed by atoms with E-state index in [2.05, 4.69) is 15.1 Å². The molecule has 3 aromatic rings. The molecular formula is C18H20N4O. The van der Waals surface area contributed by atoms with Crippen LogP contribution >= 0.6 is 0 Å². The lowest BCUT2D eigenvalue weighted by Gasteiger charge is -2.15. The van der Waals surface area contributed by atoms with Gasteiger partial charge in [0.25, 0.3) is 5.91 Å². The summed E-state index contributed by atoms with van der Waals surface area (Å²) in [6.07, 6.45) is 7.32. The van der Waals surface area contributed by atoms with Gasteiger partial charge in [0.05, 0.1) is 6.20 Å². The fourth-order valence-electron chi connectivity index (χ4n) is 3.40. The Bertz CT molecular complexity index is 874. The topological polar surface area (TPSA) is 51.9 Å². The maximum absolute atomic E-state index is 12.6. The van der Waals surface area contributed by atoms with Gasteiger partial charge in [0.15, 0.2) is 0 Å². The molecule has 0 atom stereocenters. The Labute approximate surface area is 134 Å². The standard InChI is InChI=1S/C18H20N4O/c1-21-10-8-14-15(5-4-7-17(14)21)18(23)19-11-13-12-20-22-9-3-2-6-16(13)22/h4-5,7-8,10,12H,2-3,6,9,11H2,1H3,(H,19,23). The average Bonchev–Trinajstić information content (AvgIpc) is 3.17. The van der Waals surface area contributed by atoms with E-state index in [9.17, 15) is 4.79 Å². The minimum atomic E-state index is -0.0300. The quantitative estimate of drug-likeness (QED) is 0.808. The zero-order chi connectivity index (χ0) is 15.8. The van der Waals surface area contributed by atoms with Crippen LogP contribution in [0.5, 0.6) is 0 Å². The fourth-order valence-corrected chi connectivity index (χ4v) is 3.40. The molecule has 23 heavy (non-hydrogen) atoms. The largest absolute Gasteiger partial charge is 0.351 e. The summed E-state index contributed by atoms with van der Waals surface area (Å²) in [5, 5.41) is 8.46. The first-order valence-electron chi connectivity index (χ1n) is 8.10. The van der Waals surface area contributed by atoms with E-state index < -0.39 is 0 Å². The van der Waals surface area contributed by atoms with Gasteiger partial charge in [-0.15, -0.1) is 0 Å². The minimum Gasteiger partial charge on any atom is -0.351 e. The van der Waals surface area contributed by atoms with Crippen LogP contribution in [0.15, 0.2) is 36.7 Å². The van der Waals surface area contributed by atoms with E-state index in [1.165, 1.54) is 18.5 Å². The van der Waals surface area contributed by atoms with Gasteiger partial charge in [-0.25, -0.2) is 0 Å². The van der Waals surface area contributed by atoms with Crippen molar-refractivity contribution in [3.8, 4) is 0 Å². The van der Waals surface area contributed by atoms with Crippen LogP contribution in [0.3, 0.4) is 0 Å². The SMILES string of the molecule is Cn1ccc2c(C(=O)NCc3cnn4c3CCCC4)cccc21. The lowest BCUT2D eigenvalue weighted by Crippen LogP contribution is -2.24. The molecule has 1 aromatic carbocycles. The second-order valence-corrected chi connectivity index (χ2v) is 6.14. The van der Waals surface area contributed by atoms with Gasteiger partial charge in [0, 0.05) is 54.1 Å². The number of nitrogens with zero attached hydrogens (tertiary/aromatic N) is 3.